The van der Waals surface area contributed by atoms with Gasteiger partial charge in [-0.2, -0.15) is 0 Å². The van der Waals surface area contributed by atoms with Gasteiger partial charge in [0.05, 0.1) is 4.90 Å². The van der Waals surface area contributed by atoms with Crippen LogP contribution in [-0.2, 0) is 14.8 Å². The van der Waals surface area contributed by atoms with Crippen LogP contribution >= 0.6 is 0 Å². The fourth-order valence-corrected chi connectivity index (χ4v) is 4.60. The fraction of sp³-hybridized carbons (Fsp3) is 0.500. The minimum atomic E-state index is -3.59. The minimum absolute atomic E-state index is 0.194. The van der Waals surface area contributed by atoms with E-state index >= 15 is 0 Å². The zero-order valence-corrected chi connectivity index (χ0v) is 13.7. The summed E-state index contributed by atoms with van der Waals surface area (Å²) in [5.41, 5.74) is 6.00. The summed E-state index contributed by atoms with van der Waals surface area (Å²) in [6, 6.07) is 5.93. The number of amidine groups is 1. The number of fused-ring (bicyclic) bond motifs is 1. The Morgan fingerprint density at radius 1 is 1.26 bits per heavy atom. The third-order valence-electron chi connectivity index (χ3n) is 4.56. The molecule has 1 aromatic carbocycles. The molecule has 3 N–H and O–H groups in total. The SMILES string of the molecule is NC(=O)C(CC1CCCCC1)N=C1NS(=O)(=O)c2ccccc21. The molecule has 1 heterocycles. The number of hydrogen-bond acceptors (Lipinski definition) is 4. The van der Waals surface area contributed by atoms with E-state index in [9.17, 15) is 13.2 Å². The van der Waals surface area contributed by atoms with Gasteiger partial charge in [0.2, 0.25) is 5.91 Å². The van der Waals surface area contributed by atoms with Crippen molar-refractivity contribution in [3.8, 4) is 0 Å². The number of nitrogens with two attached hydrogens (primary N) is 1. The highest BCUT2D eigenvalue weighted by atomic mass is 32.2. The molecule has 1 atom stereocenters. The molecule has 3 rings (SSSR count). The molecule has 0 aromatic heterocycles. The summed E-state index contributed by atoms with van der Waals surface area (Å²) in [6.45, 7) is 0. The van der Waals surface area contributed by atoms with Crippen molar-refractivity contribution in [2.24, 2.45) is 16.6 Å². The van der Waals surface area contributed by atoms with Crippen LogP contribution in [0.25, 0.3) is 0 Å². The second-order valence-electron chi connectivity index (χ2n) is 6.24. The lowest BCUT2D eigenvalue weighted by Gasteiger charge is -2.23. The van der Waals surface area contributed by atoms with E-state index in [1.165, 1.54) is 25.3 Å². The molecule has 23 heavy (non-hydrogen) atoms. The molecule has 1 aromatic rings. The van der Waals surface area contributed by atoms with Gasteiger partial charge in [0.1, 0.15) is 11.9 Å². The summed E-state index contributed by atoms with van der Waals surface area (Å²) in [6.07, 6.45) is 6.32. The van der Waals surface area contributed by atoms with Crippen molar-refractivity contribution in [2.75, 3.05) is 0 Å². The van der Waals surface area contributed by atoms with E-state index in [1.54, 1.807) is 18.2 Å². The summed E-state index contributed by atoms with van der Waals surface area (Å²) in [5, 5.41) is 0. The Balaban J connectivity index is 1.87. The predicted molar refractivity (Wildman–Crippen MR) is 87.5 cm³/mol. The molecule has 0 radical (unpaired) electrons. The highest BCUT2D eigenvalue weighted by Gasteiger charge is 2.32. The number of carbonyl (C=O) groups excluding carboxylic acids is 1. The van der Waals surface area contributed by atoms with Crippen molar-refractivity contribution >= 4 is 21.8 Å². The Kier molecular flexibility index (Phi) is 4.39. The number of benzene rings is 1. The standard InChI is InChI=1S/C16H21N3O3S/c17-15(20)13(10-11-6-2-1-3-7-11)18-16-12-8-4-5-9-14(12)23(21,22)19-16/h4-5,8-9,11,13H,1-3,6-7,10H2,(H2,17,20)(H,18,19). The van der Waals surface area contributed by atoms with Gasteiger partial charge in [-0.25, -0.2) is 8.42 Å². The molecule has 2 aliphatic rings. The van der Waals surface area contributed by atoms with Crippen LogP contribution in [0.1, 0.15) is 44.1 Å². The average Bonchev–Trinajstić information content (AvgIpc) is 2.79. The Bertz CT molecular complexity index is 737. The zero-order chi connectivity index (χ0) is 16.4. The molecule has 124 valence electrons. The number of rotatable bonds is 4. The smallest absolute Gasteiger partial charge is 0.263 e. The van der Waals surface area contributed by atoms with Crippen molar-refractivity contribution in [3.05, 3.63) is 29.8 Å². The molecule has 1 unspecified atom stereocenters. The molecule has 0 bridgehead atoms. The fourth-order valence-electron chi connectivity index (χ4n) is 3.36. The molecule has 1 amide bonds. The maximum atomic E-state index is 12.1. The van der Waals surface area contributed by atoms with E-state index in [4.69, 9.17) is 5.73 Å². The highest BCUT2D eigenvalue weighted by Crippen LogP contribution is 2.29. The predicted octanol–water partition coefficient (Wildman–Crippen LogP) is 1.55. The summed E-state index contributed by atoms with van der Waals surface area (Å²) in [7, 11) is -3.59. The minimum Gasteiger partial charge on any atom is -0.368 e. The van der Waals surface area contributed by atoms with Gasteiger partial charge >= 0.3 is 0 Å². The van der Waals surface area contributed by atoms with E-state index in [-0.39, 0.29) is 10.7 Å². The van der Waals surface area contributed by atoms with Crippen LogP contribution in [0.2, 0.25) is 0 Å². The first-order chi connectivity index (χ1) is 11.0. The quantitative estimate of drug-likeness (QED) is 0.872. The van der Waals surface area contributed by atoms with Crippen LogP contribution in [-0.4, -0.2) is 26.2 Å². The third kappa shape index (κ3) is 3.39. The summed E-state index contributed by atoms with van der Waals surface area (Å²) in [5.74, 6) is 0.144. The molecule has 1 aliphatic heterocycles. The molecule has 0 spiro atoms. The maximum absolute atomic E-state index is 12.1. The molecule has 7 heteroatoms. The number of hydrogen-bond donors (Lipinski definition) is 2. The zero-order valence-electron chi connectivity index (χ0n) is 12.9. The summed E-state index contributed by atoms with van der Waals surface area (Å²) in [4.78, 5) is 16.3. The molecule has 1 fully saturated rings. The number of nitrogens with one attached hydrogen (secondary N) is 1. The lowest BCUT2D eigenvalue weighted by atomic mass is 9.85. The largest absolute Gasteiger partial charge is 0.368 e. The van der Waals surface area contributed by atoms with Crippen molar-refractivity contribution in [1.82, 2.24) is 4.72 Å². The Labute approximate surface area is 136 Å². The van der Waals surface area contributed by atoms with Gasteiger partial charge in [-0.05, 0) is 24.5 Å². The summed E-state index contributed by atoms with van der Waals surface area (Å²) < 4.78 is 26.6. The van der Waals surface area contributed by atoms with E-state index in [0.29, 0.717) is 17.9 Å². The average molecular weight is 335 g/mol. The maximum Gasteiger partial charge on any atom is 0.263 e. The Morgan fingerprint density at radius 2 is 1.96 bits per heavy atom. The van der Waals surface area contributed by atoms with E-state index < -0.39 is 22.0 Å². The topological polar surface area (TPSA) is 102 Å². The normalized spacial score (nSPS) is 23.2. The molecular weight excluding hydrogens is 314 g/mol. The first-order valence-electron chi connectivity index (χ1n) is 7.97. The van der Waals surface area contributed by atoms with Gasteiger partial charge in [-0.3, -0.25) is 14.5 Å². The van der Waals surface area contributed by atoms with E-state index in [1.807, 2.05) is 0 Å². The van der Waals surface area contributed by atoms with Gasteiger partial charge in [-0.15, -0.1) is 0 Å². The number of aliphatic imine (C=N–C) groups is 1. The highest BCUT2D eigenvalue weighted by molar-refractivity contribution is 7.90. The number of sulfonamides is 1. The molecule has 1 saturated carbocycles. The lowest BCUT2D eigenvalue weighted by molar-refractivity contribution is -0.119. The van der Waals surface area contributed by atoms with Crippen LogP contribution < -0.4 is 10.5 Å². The molecule has 6 nitrogen and oxygen atoms in total. The van der Waals surface area contributed by atoms with Crippen LogP contribution in [0.15, 0.2) is 34.2 Å². The van der Waals surface area contributed by atoms with Crippen molar-refractivity contribution in [2.45, 2.75) is 49.5 Å². The van der Waals surface area contributed by atoms with E-state index in [2.05, 4.69) is 9.71 Å². The van der Waals surface area contributed by atoms with Gasteiger partial charge in [0, 0.05) is 5.56 Å². The number of primary amides is 1. The van der Waals surface area contributed by atoms with Crippen molar-refractivity contribution in [3.63, 3.8) is 0 Å². The van der Waals surface area contributed by atoms with Crippen LogP contribution in [0.5, 0.6) is 0 Å². The Morgan fingerprint density at radius 3 is 2.65 bits per heavy atom. The van der Waals surface area contributed by atoms with Gasteiger partial charge < -0.3 is 5.73 Å². The molecular formula is C16H21N3O3S. The second kappa shape index (κ2) is 6.31. The third-order valence-corrected chi connectivity index (χ3v) is 5.95. The van der Waals surface area contributed by atoms with E-state index in [0.717, 1.165) is 12.8 Å². The second-order valence-corrected chi connectivity index (χ2v) is 7.89. The molecule has 0 saturated heterocycles. The monoisotopic (exact) mass is 335 g/mol. The van der Waals surface area contributed by atoms with Gasteiger partial charge in [-0.1, -0.05) is 44.2 Å². The first kappa shape index (κ1) is 16.0. The Hall–Kier alpha value is -1.89. The first-order valence-corrected chi connectivity index (χ1v) is 9.45. The number of carbonyl (C=O) groups is 1. The van der Waals surface area contributed by atoms with Crippen molar-refractivity contribution in [1.29, 1.82) is 0 Å². The van der Waals surface area contributed by atoms with Gasteiger partial charge in [0.25, 0.3) is 10.0 Å². The summed E-state index contributed by atoms with van der Waals surface area (Å²) >= 11 is 0. The number of amides is 1. The molecule has 1 aliphatic carbocycles. The van der Waals surface area contributed by atoms with Crippen LogP contribution in [0.3, 0.4) is 0 Å². The van der Waals surface area contributed by atoms with Crippen LogP contribution in [0, 0.1) is 5.92 Å². The lowest BCUT2D eigenvalue weighted by Crippen LogP contribution is -2.33. The van der Waals surface area contributed by atoms with Crippen molar-refractivity contribution < 1.29 is 13.2 Å². The van der Waals surface area contributed by atoms with Crippen LogP contribution in [0.4, 0.5) is 0 Å². The number of nitrogens with zero attached hydrogens (tertiary/aromatic N) is 1. The van der Waals surface area contributed by atoms with Gasteiger partial charge in [0.15, 0.2) is 0 Å².